The third-order valence-electron chi connectivity index (χ3n) is 3.73. The fourth-order valence-electron chi connectivity index (χ4n) is 2.47. The van der Waals surface area contributed by atoms with E-state index in [4.69, 9.17) is 14.6 Å². The van der Waals surface area contributed by atoms with Crippen molar-refractivity contribution in [3.63, 3.8) is 0 Å². The number of aliphatic hydroxyl groups excluding tert-OH is 1. The van der Waals surface area contributed by atoms with E-state index in [9.17, 15) is 14.0 Å². The highest BCUT2D eigenvalue weighted by atomic mass is 19.1. The maximum Gasteiger partial charge on any atom is 0.337 e. The van der Waals surface area contributed by atoms with E-state index in [1.165, 1.54) is 30.2 Å². The van der Waals surface area contributed by atoms with E-state index in [1.807, 2.05) is 13.8 Å². The lowest BCUT2D eigenvalue weighted by Gasteiger charge is -2.17. The number of halogens is 1. The van der Waals surface area contributed by atoms with Gasteiger partial charge in [0.05, 0.1) is 38.1 Å². The van der Waals surface area contributed by atoms with Crippen molar-refractivity contribution in [2.45, 2.75) is 13.8 Å². The first-order chi connectivity index (χ1) is 12.4. The number of nitrogens with zero attached hydrogens (tertiary/aromatic N) is 1. The second kappa shape index (κ2) is 8.66. The first kappa shape index (κ1) is 19.7. The summed E-state index contributed by atoms with van der Waals surface area (Å²) >= 11 is 0. The summed E-state index contributed by atoms with van der Waals surface area (Å²) in [6.45, 7) is 4.20. The molecular formula is C18H23FN2O5. The van der Waals surface area contributed by atoms with Crippen LogP contribution in [0.25, 0.3) is 0 Å². The standard InChI is InChI=1S/C18H23FN2O5/c1-11(2)10-26-15-5-4-12(19)8-14(15)20-16-13(18(24)25-3)9-21(6-7-22)17(16)23/h4-5,8,11,20,22H,6-7,9-10H2,1-3H3. The van der Waals surface area contributed by atoms with E-state index in [-0.39, 0.29) is 42.6 Å². The van der Waals surface area contributed by atoms with E-state index in [0.717, 1.165) is 0 Å². The van der Waals surface area contributed by atoms with Crippen LogP contribution in [0.5, 0.6) is 5.75 Å². The normalized spacial score (nSPS) is 14.2. The first-order valence-corrected chi connectivity index (χ1v) is 8.28. The molecule has 2 rings (SSSR count). The zero-order valence-electron chi connectivity index (χ0n) is 15.0. The minimum absolute atomic E-state index is 0.00585. The van der Waals surface area contributed by atoms with Crippen LogP contribution in [0.1, 0.15) is 13.8 Å². The van der Waals surface area contributed by atoms with Crippen molar-refractivity contribution in [1.82, 2.24) is 4.90 Å². The van der Waals surface area contributed by atoms with Crippen LogP contribution in [0.3, 0.4) is 0 Å². The van der Waals surface area contributed by atoms with Gasteiger partial charge in [-0.3, -0.25) is 4.79 Å². The van der Waals surface area contributed by atoms with Crippen LogP contribution < -0.4 is 10.1 Å². The Hall–Kier alpha value is -2.61. The molecule has 1 heterocycles. The molecule has 0 unspecified atom stereocenters. The molecule has 2 N–H and O–H groups in total. The monoisotopic (exact) mass is 366 g/mol. The Morgan fingerprint density at radius 3 is 2.77 bits per heavy atom. The zero-order valence-corrected chi connectivity index (χ0v) is 15.0. The van der Waals surface area contributed by atoms with Gasteiger partial charge in [0, 0.05) is 12.6 Å². The van der Waals surface area contributed by atoms with Gasteiger partial charge in [-0.15, -0.1) is 0 Å². The number of rotatable bonds is 8. The first-order valence-electron chi connectivity index (χ1n) is 8.28. The molecule has 142 valence electrons. The fraction of sp³-hybridized carbons (Fsp3) is 0.444. The third-order valence-corrected chi connectivity index (χ3v) is 3.73. The molecule has 0 fully saturated rings. The number of benzene rings is 1. The van der Waals surface area contributed by atoms with Crippen molar-refractivity contribution in [3.05, 3.63) is 35.3 Å². The Balaban J connectivity index is 2.35. The number of methoxy groups -OCH3 is 1. The average Bonchev–Trinajstić information content (AvgIpc) is 2.90. The highest BCUT2D eigenvalue weighted by Crippen LogP contribution is 2.30. The van der Waals surface area contributed by atoms with E-state index in [1.54, 1.807) is 0 Å². The maximum atomic E-state index is 13.7. The molecule has 1 aliphatic rings. The van der Waals surface area contributed by atoms with Crippen LogP contribution in [0.4, 0.5) is 10.1 Å². The number of hydrogen-bond acceptors (Lipinski definition) is 6. The molecule has 0 saturated heterocycles. The van der Waals surface area contributed by atoms with Gasteiger partial charge in [0.25, 0.3) is 5.91 Å². The SMILES string of the molecule is COC(=O)C1=C(Nc2cc(F)ccc2OCC(C)C)C(=O)N(CCO)C1. The van der Waals surface area contributed by atoms with Gasteiger partial charge in [-0.2, -0.15) is 0 Å². The topological polar surface area (TPSA) is 88.1 Å². The van der Waals surface area contributed by atoms with Crippen molar-refractivity contribution < 1.29 is 28.6 Å². The van der Waals surface area contributed by atoms with Gasteiger partial charge in [0.15, 0.2) is 0 Å². The minimum Gasteiger partial charge on any atom is -0.491 e. The molecule has 1 aromatic carbocycles. The minimum atomic E-state index is -0.664. The Kier molecular flexibility index (Phi) is 6.57. The molecule has 8 heteroatoms. The van der Waals surface area contributed by atoms with Crippen molar-refractivity contribution >= 4 is 17.6 Å². The summed E-state index contributed by atoms with van der Waals surface area (Å²) in [6, 6.07) is 3.91. The van der Waals surface area contributed by atoms with Crippen LogP contribution >= 0.6 is 0 Å². The van der Waals surface area contributed by atoms with Gasteiger partial charge in [0.1, 0.15) is 17.3 Å². The van der Waals surface area contributed by atoms with Gasteiger partial charge in [0.2, 0.25) is 0 Å². The predicted octanol–water partition coefficient (Wildman–Crippen LogP) is 1.53. The van der Waals surface area contributed by atoms with Crippen LogP contribution in [0, 0.1) is 11.7 Å². The lowest BCUT2D eigenvalue weighted by Crippen LogP contribution is -2.31. The summed E-state index contributed by atoms with van der Waals surface area (Å²) in [5.41, 5.74) is 0.344. The molecule has 0 bridgehead atoms. The molecule has 0 saturated carbocycles. The van der Waals surface area contributed by atoms with Crippen LogP contribution in [-0.2, 0) is 14.3 Å². The van der Waals surface area contributed by atoms with Crippen LogP contribution in [0.15, 0.2) is 29.5 Å². The molecule has 0 aromatic heterocycles. The van der Waals surface area contributed by atoms with E-state index in [2.05, 4.69) is 5.32 Å². The molecule has 1 aromatic rings. The van der Waals surface area contributed by atoms with Gasteiger partial charge in [-0.25, -0.2) is 9.18 Å². The Morgan fingerprint density at radius 2 is 2.15 bits per heavy atom. The number of hydrogen-bond donors (Lipinski definition) is 2. The lowest BCUT2D eigenvalue weighted by molar-refractivity contribution is -0.136. The predicted molar refractivity (Wildman–Crippen MR) is 93.1 cm³/mol. The molecule has 7 nitrogen and oxygen atoms in total. The average molecular weight is 366 g/mol. The number of carbonyl (C=O) groups excluding carboxylic acids is 2. The van der Waals surface area contributed by atoms with Crippen molar-refractivity contribution in [1.29, 1.82) is 0 Å². The lowest BCUT2D eigenvalue weighted by atomic mass is 10.2. The summed E-state index contributed by atoms with van der Waals surface area (Å²) < 4.78 is 24.1. The van der Waals surface area contributed by atoms with Crippen molar-refractivity contribution in [2.24, 2.45) is 5.92 Å². The summed E-state index contributed by atoms with van der Waals surface area (Å²) in [5.74, 6) is -1.03. The van der Waals surface area contributed by atoms with E-state index >= 15 is 0 Å². The van der Waals surface area contributed by atoms with Crippen molar-refractivity contribution in [3.8, 4) is 5.75 Å². The number of β-amino-alcohol motifs (C(OH)–C–C–N with tert-alkyl or cyclic N) is 1. The number of carbonyl (C=O) groups is 2. The van der Waals surface area contributed by atoms with Gasteiger partial charge < -0.3 is 24.8 Å². The molecule has 0 spiro atoms. The molecule has 1 aliphatic heterocycles. The van der Waals surface area contributed by atoms with E-state index < -0.39 is 17.7 Å². The highest BCUT2D eigenvalue weighted by Gasteiger charge is 2.34. The number of ether oxygens (including phenoxy) is 2. The number of amides is 1. The maximum absolute atomic E-state index is 13.7. The zero-order chi connectivity index (χ0) is 19.3. The number of esters is 1. The Morgan fingerprint density at radius 1 is 1.42 bits per heavy atom. The molecule has 0 radical (unpaired) electrons. The van der Waals surface area contributed by atoms with Gasteiger partial charge in [-0.1, -0.05) is 13.8 Å². The van der Waals surface area contributed by atoms with Crippen LogP contribution in [0.2, 0.25) is 0 Å². The van der Waals surface area contributed by atoms with Gasteiger partial charge >= 0.3 is 5.97 Å². The molecular weight excluding hydrogens is 343 g/mol. The smallest absolute Gasteiger partial charge is 0.337 e. The summed E-state index contributed by atoms with van der Waals surface area (Å²) in [7, 11) is 1.21. The molecule has 26 heavy (non-hydrogen) atoms. The fourth-order valence-corrected chi connectivity index (χ4v) is 2.47. The highest BCUT2D eigenvalue weighted by molar-refractivity contribution is 6.08. The van der Waals surface area contributed by atoms with E-state index in [0.29, 0.717) is 12.4 Å². The number of nitrogens with one attached hydrogen (secondary N) is 1. The van der Waals surface area contributed by atoms with Crippen molar-refractivity contribution in [2.75, 3.05) is 38.7 Å². The second-order valence-electron chi connectivity index (χ2n) is 6.27. The molecule has 1 amide bonds. The third kappa shape index (κ3) is 4.51. The summed E-state index contributed by atoms with van der Waals surface area (Å²) in [4.78, 5) is 25.9. The molecule has 0 aliphatic carbocycles. The number of anilines is 1. The quantitative estimate of drug-likeness (QED) is 0.679. The summed E-state index contributed by atoms with van der Waals surface area (Å²) in [5, 5.41) is 11.9. The Labute approximate surface area is 151 Å². The largest absolute Gasteiger partial charge is 0.491 e. The summed E-state index contributed by atoms with van der Waals surface area (Å²) in [6.07, 6.45) is 0. The second-order valence-corrected chi connectivity index (χ2v) is 6.27. The molecule has 0 atom stereocenters. The van der Waals surface area contributed by atoms with Crippen LogP contribution in [-0.4, -0.2) is 55.3 Å². The number of aliphatic hydroxyl groups is 1. The van der Waals surface area contributed by atoms with Gasteiger partial charge in [-0.05, 0) is 18.1 Å². The Bertz CT molecular complexity index is 718.